The summed E-state index contributed by atoms with van der Waals surface area (Å²) in [6, 6.07) is 1.73. The van der Waals surface area contributed by atoms with Crippen LogP contribution in [0.15, 0.2) is 31.1 Å². The van der Waals surface area contributed by atoms with Crippen molar-refractivity contribution in [1.29, 1.82) is 0 Å². The zero-order valence-corrected chi connectivity index (χ0v) is 6.23. The summed E-state index contributed by atoms with van der Waals surface area (Å²) in [5.74, 6) is -0.442. The van der Waals surface area contributed by atoms with Gasteiger partial charge in [-0.15, -0.1) is 0 Å². The van der Waals surface area contributed by atoms with Crippen molar-refractivity contribution in [2.45, 2.75) is 0 Å². The lowest BCUT2D eigenvalue weighted by Crippen LogP contribution is -2.25. The number of hydrogen-bond acceptors (Lipinski definition) is 4. The lowest BCUT2D eigenvalue weighted by atomic mass is 10.6. The summed E-state index contributed by atoms with van der Waals surface area (Å²) in [6.45, 7) is 3.24. The molecule has 1 amide bonds. The molecule has 0 spiro atoms. The maximum atomic E-state index is 10.6. The summed E-state index contributed by atoms with van der Waals surface area (Å²) in [5.41, 5.74) is 2.07. The highest BCUT2D eigenvalue weighted by Gasteiger charge is 1.96. The first kappa shape index (κ1) is 8.19. The minimum atomic E-state index is -0.442. The summed E-state index contributed by atoms with van der Waals surface area (Å²) in [5, 5.41) is 0. The van der Waals surface area contributed by atoms with E-state index in [1.807, 2.05) is 0 Å². The van der Waals surface area contributed by atoms with E-state index in [0.717, 1.165) is 6.08 Å². The van der Waals surface area contributed by atoms with Gasteiger partial charge in [-0.3, -0.25) is 4.79 Å². The van der Waals surface area contributed by atoms with Crippen LogP contribution >= 0.6 is 0 Å². The third-order valence-corrected chi connectivity index (χ3v) is 0.970. The molecule has 0 unspecified atom stereocenters. The Bertz CT molecular complexity index is 273. The molecule has 5 nitrogen and oxygen atoms in total. The molecule has 12 heavy (non-hydrogen) atoms. The highest BCUT2D eigenvalue weighted by atomic mass is 16.7. The fraction of sp³-hybridized carbons (Fsp3) is 0. The fourth-order valence-corrected chi connectivity index (χ4v) is 0.476. The van der Waals surface area contributed by atoms with E-state index in [0.29, 0.717) is 0 Å². The number of hydroxylamine groups is 1. The fourth-order valence-electron chi connectivity index (χ4n) is 0.476. The van der Waals surface area contributed by atoms with Crippen LogP contribution in [-0.4, -0.2) is 15.9 Å². The Hall–Kier alpha value is -1.91. The molecule has 0 aliphatic rings. The topological polar surface area (TPSA) is 64.1 Å². The van der Waals surface area contributed by atoms with Crippen molar-refractivity contribution in [3.05, 3.63) is 31.1 Å². The van der Waals surface area contributed by atoms with Crippen LogP contribution in [0.5, 0.6) is 6.01 Å². The number of carbonyl (C=O) groups excluding carboxylic acids is 1. The van der Waals surface area contributed by atoms with E-state index < -0.39 is 5.91 Å². The smallest absolute Gasteiger partial charge is 0.337 e. The second kappa shape index (κ2) is 4.07. The Balaban J connectivity index is 2.43. The van der Waals surface area contributed by atoms with Gasteiger partial charge >= 0.3 is 6.01 Å². The number of amides is 1. The average molecular weight is 165 g/mol. The molecule has 0 radical (unpaired) electrons. The van der Waals surface area contributed by atoms with E-state index >= 15 is 0 Å². The number of carbonyl (C=O) groups is 1. The number of hydrogen-bond donors (Lipinski definition) is 1. The highest BCUT2D eigenvalue weighted by molar-refractivity contribution is 5.85. The van der Waals surface area contributed by atoms with Crippen molar-refractivity contribution in [3.63, 3.8) is 0 Å². The van der Waals surface area contributed by atoms with Gasteiger partial charge in [0, 0.05) is 12.4 Å². The van der Waals surface area contributed by atoms with E-state index in [1.54, 1.807) is 6.07 Å². The summed E-state index contributed by atoms with van der Waals surface area (Å²) < 4.78 is 0. The van der Waals surface area contributed by atoms with Gasteiger partial charge in [0.25, 0.3) is 5.91 Å². The first-order valence-corrected chi connectivity index (χ1v) is 3.19. The number of nitrogens with one attached hydrogen (secondary N) is 1. The second-order valence-electron chi connectivity index (χ2n) is 1.80. The SMILES string of the molecule is C=CC(=O)NOc1ncccn1. The molecular formula is C7H7N3O2. The molecule has 1 aromatic heterocycles. The molecule has 1 rings (SSSR count). The van der Waals surface area contributed by atoms with Gasteiger partial charge in [-0.25, -0.2) is 9.97 Å². The first-order chi connectivity index (χ1) is 5.83. The zero-order chi connectivity index (χ0) is 8.81. The largest absolute Gasteiger partial charge is 0.342 e. The Kier molecular flexibility index (Phi) is 2.78. The Morgan fingerprint density at radius 2 is 2.25 bits per heavy atom. The Morgan fingerprint density at radius 1 is 1.58 bits per heavy atom. The van der Waals surface area contributed by atoms with Gasteiger partial charge < -0.3 is 4.84 Å². The molecule has 1 N–H and O–H groups in total. The molecule has 0 atom stereocenters. The lowest BCUT2D eigenvalue weighted by molar-refractivity contribution is -0.123. The van der Waals surface area contributed by atoms with Crippen LogP contribution < -0.4 is 10.3 Å². The van der Waals surface area contributed by atoms with Gasteiger partial charge in [-0.05, 0) is 12.1 Å². The van der Waals surface area contributed by atoms with Gasteiger partial charge in [-0.1, -0.05) is 6.58 Å². The van der Waals surface area contributed by atoms with Crippen LogP contribution in [0.1, 0.15) is 0 Å². The van der Waals surface area contributed by atoms with Crippen LogP contribution in [0.25, 0.3) is 0 Å². The second-order valence-corrected chi connectivity index (χ2v) is 1.80. The molecule has 0 saturated heterocycles. The molecule has 5 heteroatoms. The summed E-state index contributed by atoms with van der Waals surface area (Å²) in [7, 11) is 0. The normalized spacial score (nSPS) is 8.67. The Morgan fingerprint density at radius 3 is 2.83 bits per heavy atom. The molecule has 0 aliphatic heterocycles. The number of rotatable bonds is 3. The van der Waals surface area contributed by atoms with Crippen molar-refractivity contribution in [2.24, 2.45) is 0 Å². The van der Waals surface area contributed by atoms with Crippen LogP contribution in [-0.2, 0) is 4.79 Å². The number of aromatic nitrogens is 2. The van der Waals surface area contributed by atoms with Crippen molar-refractivity contribution >= 4 is 5.91 Å². The van der Waals surface area contributed by atoms with Crippen molar-refractivity contribution in [1.82, 2.24) is 15.4 Å². The minimum Gasteiger partial charge on any atom is -0.337 e. The maximum absolute atomic E-state index is 10.6. The first-order valence-electron chi connectivity index (χ1n) is 3.19. The quantitative estimate of drug-likeness (QED) is 0.508. The lowest BCUT2D eigenvalue weighted by Gasteiger charge is -2.00. The standard InChI is InChI=1S/C7H7N3O2/c1-2-6(11)10-12-7-8-4-3-5-9-7/h2-5H,1H2,(H,10,11). The molecular weight excluding hydrogens is 158 g/mol. The van der Waals surface area contributed by atoms with E-state index in [2.05, 4.69) is 26.9 Å². The molecule has 1 heterocycles. The molecule has 0 bridgehead atoms. The molecule has 1 aromatic rings. The van der Waals surface area contributed by atoms with Crippen molar-refractivity contribution in [2.75, 3.05) is 0 Å². The van der Waals surface area contributed by atoms with Crippen molar-refractivity contribution in [3.8, 4) is 6.01 Å². The van der Waals surface area contributed by atoms with E-state index in [4.69, 9.17) is 0 Å². The predicted octanol–water partition coefficient (Wildman–Crippen LogP) is 0.0726. The van der Waals surface area contributed by atoms with Gasteiger partial charge in [0.2, 0.25) is 0 Å². The molecule has 0 aliphatic carbocycles. The monoisotopic (exact) mass is 165 g/mol. The molecule has 0 aromatic carbocycles. The van der Waals surface area contributed by atoms with E-state index in [1.165, 1.54) is 12.4 Å². The zero-order valence-electron chi connectivity index (χ0n) is 6.23. The minimum absolute atomic E-state index is 0.0905. The van der Waals surface area contributed by atoms with Gasteiger partial charge in [0.15, 0.2) is 0 Å². The van der Waals surface area contributed by atoms with Gasteiger partial charge in [-0.2, -0.15) is 5.48 Å². The molecule has 62 valence electrons. The predicted molar refractivity (Wildman–Crippen MR) is 41.0 cm³/mol. The van der Waals surface area contributed by atoms with Crippen LogP contribution in [0, 0.1) is 0 Å². The third-order valence-electron chi connectivity index (χ3n) is 0.970. The maximum Gasteiger partial charge on any atom is 0.342 e. The third kappa shape index (κ3) is 2.37. The van der Waals surface area contributed by atoms with Crippen LogP contribution in [0.2, 0.25) is 0 Å². The van der Waals surface area contributed by atoms with Crippen molar-refractivity contribution < 1.29 is 9.63 Å². The van der Waals surface area contributed by atoms with E-state index in [9.17, 15) is 4.79 Å². The summed E-state index contributed by atoms with van der Waals surface area (Å²) >= 11 is 0. The van der Waals surface area contributed by atoms with Gasteiger partial charge in [0.1, 0.15) is 0 Å². The summed E-state index contributed by atoms with van der Waals surface area (Å²) in [6.07, 6.45) is 4.09. The highest BCUT2D eigenvalue weighted by Crippen LogP contribution is 1.93. The van der Waals surface area contributed by atoms with Gasteiger partial charge in [0.05, 0.1) is 0 Å². The van der Waals surface area contributed by atoms with Crippen LogP contribution in [0.4, 0.5) is 0 Å². The summed E-state index contributed by atoms with van der Waals surface area (Å²) in [4.78, 5) is 22.6. The van der Waals surface area contributed by atoms with Crippen LogP contribution in [0.3, 0.4) is 0 Å². The Labute approximate surface area is 69.1 Å². The number of nitrogens with zero attached hydrogens (tertiary/aromatic N) is 2. The molecule has 0 fully saturated rings. The van der Waals surface area contributed by atoms with E-state index in [-0.39, 0.29) is 6.01 Å². The molecule has 0 saturated carbocycles. The average Bonchev–Trinajstić information content (AvgIpc) is 2.16.